The predicted molar refractivity (Wildman–Crippen MR) is 98.6 cm³/mol. The Morgan fingerprint density at radius 2 is 2.12 bits per heavy atom. The molecule has 0 bridgehead atoms. The number of ether oxygens (including phenoxy) is 1. The lowest BCUT2D eigenvalue weighted by Crippen LogP contribution is -2.61. The molecule has 0 saturated carbocycles. The van der Waals surface area contributed by atoms with Gasteiger partial charge >= 0.3 is 0 Å². The normalized spacial score (nSPS) is 25.9. The van der Waals surface area contributed by atoms with Crippen LogP contribution in [-0.4, -0.2) is 81.1 Å². The molecule has 0 unspecified atom stereocenters. The van der Waals surface area contributed by atoms with Gasteiger partial charge in [-0.1, -0.05) is 6.07 Å². The minimum absolute atomic E-state index is 0.0878. The molecular formula is C17H26N2O4S2. The molecule has 6 nitrogen and oxygen atoms in total. The second kappa shape index (κ2) is 8.16. The van der Waals surface area contributed by atoms with E-state index in [-0.39, 0.29) is 29.5 Å². The van der Waals surface area contributed by atoms with Crippen molar-refractivity contribution in [1.82, 2.24) is 9.80 Å². The molecule has 8 heteroatoms. The number of aryl methyl sites for hydroxylation is 1. The van der Waals surface area contributed by atoms with Gasteiger partial charge in [-0.2, -0.15) is 0 Å². The number of thiophene rings is 1. The van der Waals surface area contributed by atoms with Crippen molar-refractivity contribution < 1.29 is 17.9 Å². The van der Waals surface area contributed by atoms with Crippen LogP contribution in [0.25, 0.3) is 0 Å². The lowest BCUT2D eigenvalue weighted by molar-refractivity contribution is -0.137. The Hall–Kier alpha value is -0.960. The number of sulfone groups is 1. The molecule has 0 N–H and O–H groups in total. The Balaban J connectivity index is 1.60. The molecule has 1 amide bonds. The first-order valence-electron chi connectivity index (χ1n) is 8.75. The Labute approximate surface area is 153 Å². The number of hydrogen-bond acceptors (Lipinski definition) is 6. The molecule has 2 fully saturated rings. The predicted octanol–water partition coefficient (Wildman–Crippen LogP) is 1.03. The number of carbonyl (C=O) groups excluding carboxylic acids is 1. The van der Waals surface area contributed by atoms with Crippen LogP contribution in [0.15, 0.2) is 17.5 Å². The third kappa shape index (κ3) is 4.61. The average Bonchev–Trinajstić information content (AvgIpc) is 3.18. The standard InChI is InChI=1S/C17H26N2O4S2/c1-23-10-9-18-7-8-19(16-13-25(21,22)12-15(16)18)17(20)6-2-4-14-5-3-11-24-14/h3,5,11,15-16H,2,4,6-10,12-13H2,1H3/t15-,16+/m1/s1. The summed E-state index contributed by atoms with van der Waals surface area (Å²) in [6.45, 7) is 2.63. The summed E-state index contributed by atoms with van der Waals surface area (Å²) in [5.41, 5.74) is 0. The summed E-state index contributed by atoms with van der Waals surface area (Å²) in [5.74, 6) is 0.341. The first-order chi connectivity index (χ1) is 12.0. The maximum Gasteiger partial charge on any atom is 0.222 e. The Kier molecular flexibility index (Phi) is 6.14. The quantitative estimate of drug-likeness (QED) is 0.700. The minimum Gasteiger partial charge on any atom is -0.383 e. The summed E-state index contributed by atoms with van der Waals surface area (Å²) in [6, 6.07) is 3.82. The van der Waals surface area contributed by atoms with E-state index in [2.05, 4.69) is 11.0 Å². The maximum atomic E-state index is 12.7. The minimum atomic E-state index is -3.08. The van der Waals surface area contributed by atoms with Crippen LogP contribution < -0.4 is 0 Å². The number of hydrogen-bond donors (Lipinski definition) is 0. The van der Waals surface area contributed by atoms with Crippen molar-refractivity contribution in [2.45, 2.75) is 31.3 Å². The summed E-state index contributed by atoms with van der Waals surface area (Å²) < 4.78 is 29.5. The smallest absolute Gasteiger partial charge is 0.222 e. The van der Waals surface area contributed by atoms with E-state index in [4.69, 9.17) is 4.74 Å². The van der Waals surface area contributed by atoms with Crippen molar-refractivity contribution >= 4 is 27.1 Å². The molecule has 1 aromatic rings. The molecule has 0 spiro atoms. The zero-order valence-corrected chi connectivity index (χ0v) is 16.2. The van der Waals surface area contributed by atoms with Gasteiger partial charge in [0.15, 0.2) is 9.84 Å². The molecule has 3 heterocycles. The van der Waals surface area contributed by atoms with E-state index in [1.165, 1.54) is 4.88 Å². The fourth-order valence-electron chi connectivity index (χ4n) is 3.83. The van der Waals surface area contributed by atoms with E-state index in [0.29, 0.717) is 26.1 Å². The molecule has 140 valence electrons. The molecule has 2 aliphatic heterocycles. The maximum absolute atomic E-state index is 12.7. The van der Waals surface area contributed by atoms with Crippen molar-refractivity contribution in [3.8, 4) is 0 Å². The zero-order valence-electron chi connectivity index (χ0n) is 14.6. The van der Waals surface area contributed by atoms with Crippen LogP contribution >= 0.6 is 11.3 Å². The molecule has 2 saturated heterocycles. The van der Waals surface area contributed by atoms with Gasteiger partial charge in [-0.3, -0.25) is 9.69 Å². The number of carbonyl (C=O) groups is 1. The first kappa shape index (κ1) is 18.8. The highest BCUT2D eigenvalue weighted by molar-refractivity contribution is 7.91. The molecule has 0 aromatic carbocycles. The Morgan fingerprint density at radius 1 is 1.32 bits per heavy atom. The van der Waals surface area contributed by atoms with Gasteiger partial charge in [0.25, 0.3) is 0 Å². The van der Waals surface area contributed by atoms with Crippen LogP contribution in [0.5, 0.6) is 0 Å². The highest BCUT2D eigenvalue weighted by Crippen LogP contribution is 2.27. The fraction of sp³-hybridized carbons (Fsp3) is 0.706. The summed E-state index contributed by atoms with van der Waals surface area (Å²) in [6.07, 6.45) is 2.20. The van der Waals surface area contributed by atoms with Gasteiger partial charge < -0.3 is 9.64 Å². The number of amides is 1. The van der Waals surface area contributed by atoms with Crippen LogP contribution in [0.4, 0.5) is 0 Å². The number of fused-ring (bicyclic) bond motifs is 1. The molecule has 1 aromatic heterocycles. The van der Waals surface area contributed by atoms with Gasteiger partial charge in [-0.05, 0) is 24.3 Å². The number of methoxy groups -OCH3 is 1. The van der Waals surface area contributed by atoms with Gasteiger partial charge in [0.1, 0.15) is 0 Å². The third-order valence-electron chi connectivity index (χ3n) is 5.09. The van der Waals surface area contributed by atoms with Crippen LogP contribution in [0.2, 0.25) is 0 Å². The summed E-state index contributed by atoms with van der Waals surface area (Å²) in [5, 5.41) is 2.05. The SMILES string of the molecule is COCCN1CCN(C(=O)CCCc2cccs2)[C@H]2CS(=O)(=O)C[C@H]21. The van der Waals surface area contributed by atoms with Gasteiger partial charge in [0.05, 0.1) is 24.2 Å². The lowest BCUT2D eigenvalue weighted by Gasteiger charge is -2.44. The van der Waals surface area contributed by atoms with Crippen LogP contribution in [0, 0.1) is 0 Å². The van der Waals surface area contributed by atoms with E-state index in [1.54, 1.807) is 18.4 Å². The van der Waals surface area contributed by atoms with E-state index in [1.807, 2.05) is 16.3 Å². The van der Waals surface area contributed by atoms with Gasteiger partial charge in [-0.25, -0.2) is 8.42 Å². The topological polar surface area (TPSA) is 66.9 Å². The summed E-state index contributed by atoms with van der Waals surface area (Å²) in [7, 11) is -1.43. The van der Waals surface area contributed by atoms with Crippen LogP contribution in [-0.2, 0) is 25.8 Å². The molecule has 2 atom stereocenters. The van der Waals surface area contributed by atoms with Crippen molar-refractivity contribution in [2.75, 3.05) is 44.9 Å². The lowest BCUT2D eigenvalue weighted by atomic mass is 10.0. The molecule has 0 radical (unpaired) electrons. The van der Waals surface area contributed by atoms with E-state index in [9.17, 15) is 13.2 Å². The second-order valence-electron chi connectivity index (χ2n) is 6.76. The summed E-state index contributed by atoms with van der Waals surface area (Å²) >= 11 is 1.71. The average molecular weight is 387 g/mol. The van der Waals surface area contributed by atoms with E-state index < -0.39 is 9.84 Å². The van der Waals surface area contributed by atoms with Gasteiger partial charge in [-0.15, -0.1) is 11.3 Å². The van der Waals surface area contributed by atoms with Crippen molar-refractivity contribution in [2.24, 2.45) is 0 Å². The van der Waals surface area contributed by atoms with Crippen LogP contribution in [0.3, 0.4) is 0 Å². The molecular weight excluding hydrogens is 360 g/mol. The zero-order chi connectivity index (χ0) is 17.9. The van der Waals surface area contributed by atoms with Crippen LogP contribution in [0.1, 0.15) is 17.7 Å². The highest BCUT2D eigenvalue weighted by Gasteiger charge is 2.47. The monoisotopic (exact) mass is 386 g/mol. The third-order valence-corrected chi connectivity index (χ3v) is 7.72. The van der Waals surface area contributed by atoms with Crippen molar-refractivity contribution in [3.05, 3.63) is 22.4 Å². The first-order valence-corrected chi connectivity index (χ1v) is 11.5. The largest absolute Gasteiger partial charge is 0.383 e. The van der Waals surface area contributed by atoms with E-state index in [0.717, 1.165) is 19.4 Å². The van der Waals surface area contributed by atoms with Gasteiger partial charge in [0, 0.05) is 44.1 Å². The molecule has 25 heavy (non-hydrogen) atoms. The fourth-order valence-corrected chi connectivity index (χ4v) is 6.60. The Bertz CT molecular complexity index is 675. The Morgan fingerprint density at radius 3 is 2.84 bits per heavy atom. The molecule has 2 aliphatic rings. The second-order valence-corrected chi connectivity index (χ2v) is 9.95. The van der Waals surface area contributed by atoms with Crippen molar-refractivity contribution in [1.29, 1.82) is 0 Å². The number of piperazine rings is 1. The highest BCUT2D eigenvalue weighted by atomic mass is 32.2. The summed E-state index contributed by atoms with van der Waals surface area (Å²) in [4.78, 5) is 18.0. The molecule has 3 rings (SSSR count). The number of rotatable bonds is 7. The van der Waals surface area contributed by atoms with Crippen molar-refractivity contribution in [3.63, 3.8) is 0 Å². The van der Waals surface area contributed by atoms with E-state index >= 15 is 0 Å². The van der Waals surface area contributed by atoms with Gasteiger partial charge in [0.2, 0.25) is 5.91 Å². The number of nitrogens with zero attached hydrogens (tertiary/aromatic N) is 2. The molecule has 0 aliphatic carbocycles.